The largest absolute Gasteiger partial charge is 0.394 e. The average molecular weight is 207 g/mol. The van der Waals surface area contributed by atoms with Gasteiger partial charge in [0.2, 0.25) is 0 Å². The van der Waals surface area contributed by atoms with Crippen molar-refractivity contribution in [1.29, 1.82) is 0 Å². The fraction of sp³-hybridized carbons (Fsp3) is 0.545. The molecule has 0 unspecified atom stereocenters. The summed E-state index contributed by atoms with van der Waals surface area (Å²) >= 11 is 0. The minimum absolute atomic E-state index is 0.116. The van der Waals surface area contributed by atoms with Crippen LogP contribution in [-0.2, 0) is 13.1 Å². The summed E-state index contributed by atoms with van der Waals surface area (Å²) in [5, 5.41) is 0. The fourth-order valence-electron chi connectivity index (χ4n) is 1.84. The van der Waals surface area contributed by atoms with Crippen LogP contribution in [0.3, 0.4) is 0 Å². The highest BCUT2D eigenvalue weighted by atomic mass is 16.1. The number of nitrogens with zero attached hydrogens (tertiary/aromatic N) is 1. The van der Waals surface area contributed by atoms with E-state index < -0.39 is 0 Å². The summed E-state index contributed by atoms with van der Waals surface area (Å²) in [7, 11) is 0. The molecule has 82 valence electrons. The molecule has 0 saturated carbocycles. The topological polar surface area (TPSA) is 62.1 Å². The highest BCUT2D eigenvalue weighted by Gasteiger charge is 2.28. The monoisotopic (exact) mass is 207 g/mol. The van der Waals surface area contributed by atoms with Gasteiger partial charge >= 0.3 is 0 Å². The second kappa shape index (κ2) is 3.10. The number of anilines is 1. The third kappa shape index (κ3) is 1.77. The van der Waals surface area contributed by atoms with Crippen molar-refractivity contribution in [3.63, 3.8) is 0 Å². The number of H-pyrrole nitrogens is 1. The van der Waals surface area contributed by atoms with Crippen molar-refractivity contribution in [3.05, 3.63) is 27.7 Å². The van der Waals surface area contributed by atoms with E-state index in [1.54, 1.807) is 6.07 Å². The van der Waals surface area contributed by atoms with Crippen LogP contribution in [0, 0.1) is 0 Å². The molecule has 0 atom stereocenters. The molecule has 0 radical (unpaired) electrons. The summed E-state index contributed by atoms with van der Waals surface area (Å²) in [5.74, 6) is 0. The van der Waals surface area contributed by atoms with E-state index >= 15 is 0 Å². The molecule has 3 N–H and O–H groups in total. The zero-order valence-corrected chi connectivity index (χ0v) is 9.42. The van der Waals surface area contributed by atoms with Gasteiger partial charge in [0.05, 0.1) is 5.69 Å². The van der Waals surface area contributed by atoms with Crippen LogP contribution in [0.25, 0.3) is 0 Å². The Morgan fingerprint density at radius 3 is 2.67 bits per heavy atom. The van der Waals surface area contributed by atoms with E-state index in [0.29, 0.717) is 5.69 Å². The quantitative estimate of drug-likeness (QED) is 0.669. The average Bonchev–Trinajstić information content (AvgIpc) is 2.47. The summed E-state index contributed by atoms with van der Waals surface area (Å²) < 4.78 is 0. The maximum absolute atomic E-state index is 11.3. The molecule has 1 aromatic heterocycles. The molecule has 0 amide bonds. The van der Waals surface area contributed by atoms with Crippen molar-refractivity contribution >= 4 is 5.69 Å². The van der Waals surface area contributed by atoms with Crippen LogP contribution in [0.1, 0.15) is 32.0 Å². The Hall–Kier alpha value is -1.29. The lowest BCUT2D eigenvalue weighted by Gasteiger charge is -2.31. The number of aromatic amines is 1. The Balaban J connectivity index is 2.36. The molecule has 4 nitrogen and oxygen atoms in total. The van der Waals surface area contributed by atoms with Gasteiger partial charge in [-0.25, -0.2) is 0 Å². The van der Waals surface area contributed by atoms with Crippen LogP contribution < -0.4 is 11.3 Å². The Bertz CT molecular complexity index is 442. The lowest BCUT2D eigenvalue weighted by Crippen LogP contribution is -2.36. The minimum atomic E-state index is -0.176. The van der Waals surface area contributed by atoms with E-state index in [9.17, 15) is 4.79 Å². The predicted octanol–water partition coefficient (Wildman–Crippen LogP) is 1.07. The highest BCUT2D eigenvalue weighted by Crippen LogP contribution is 2.27. The molecule has 0 saturated heterocycles. The van der Waals surface area contributed by atoms with Gasteiger partial charge in [-0.2, -0.15) is 0 Å². The van der Waals surface area contributed by atoms with E-state index in [-0.39, 0.29) is 11.1 Å². The maximum Gasteiger partial charge on any atom is 0.271 e. The van der Waals surface area contributed by atoms with E-state index in [4.69, 9.17) is 5.73 Å². The number of pyridine rings is 1. The first-order valence-electron chi connectivity index (χ1n) is 5.13. The summed E-state index contributed by atoms with van der Waals surface area (Å²) in [6.07, 6.45) is 0. The standard InChI is InChI=1S/C11H17N3O/c1-11(2,3)14-5-7-4-8(12)10(15)13-9(7)6-14/h4H,5-6,12H2,1-3H3,(H,13,15). The zero-order chi connectivity index (χ0) is 11.2. The third-order valence-corrected chi connectivity index (χ3v) is 2.90. The van der Waals surface area contributed by atoms with E-state index in [1.165, 1.54) is 0 Å². The van der Waals surface area contributed by atoms with Crippen LogP contribution in [0.2, 0.25) is 0 Å². The van der Waals surface area contributed by atoms with Crippen molar-refractivity contribution in [1.82, 2.24) is 9.88 Å². The van der Waals surface area contributed by atoms with Gasteiger partial charge in [0.25, 0.3) is 5.56 Å². The van der Waals surface area contributed by atoms with E-state index in [2.05, 4.69) is 30.7 Å². The minimum Gasteiger partial charge on any atom is -0.394 e. The molecule has 4 heteroatoms. The Morgan fingerprint density at radius 1 is 1.40 bits per heavy atom. The molecule has 0 bridgehead atoms. The highest BCUT2D eigenvalue weighted by molar-refractivity contribution is 5.41. The van der Waals surface area contributed by atoms with Crippen LogP contribution in [0.4, 0.5) is 5.69 Å². The summed E-state index contributed by atoms with van der Waals surface area (Å²) in [6, 6.07) is 1.79. The van der Waals surface area contributed by atoms with Crippen molar-refractivity contribution in [2.24, 2.45) is 0 Å². The number of hydrogen-bond donors (Lipinski definition) is 2. The number of nitrogen functional groups attached to an aromatic ring is 1. The molecule has 15 heavy (non-hydrogen) atoms. The summed E-state index contributed by atoms with van der Waals surface area (Å²) in [6.45, 7) is 8.16. The number of nitrogens with one attached hydrogen (secondary N) is 1. The molecule has 2 rings (SSSR count). The van der Waals surface area contributed by atoms with Crippen molar-refractivity contribution in [3.8, 4) is 0 Å². The second-order valence-corrected chi connectivity index (χ2v) is 5.08. The first-order chi connectivity index (χ1) is 6.88. The van der Waals surface area contributed by atoms with Crippen LogP contribution in [-0.4, -0.2) is 15.4 Å². The number of nitrogens with two attached hydrogens (primary N) is 1. The van der Waals surface area contributed by atoms with Crippen LogP contribution in [0.5, 0.6) is 0 Å². The first-order valence-corrected chi connectivity index (χ1v) is 5.13. The molecule has 1 aliphatic heterocycles. The Kier molecular flexibility index (Phi) is 2.12. The van der Waals surface area contributed by atoms with Gasteiger partial charge in [-0.1, -0.05) is 0 Å². The van der Waals surface area contributed by atoms with E-state index in [1.807, 2.05) is 0 Å². The molecule has 2 heterocycles. The second-order valence-electron chi connectivity index (χ2n) is 5.08. The predicted molar refractivity (Wildman–Crippen MR) is 60.5 cm³/mol. The Morgan fingerprint density at radius 2 is 2.07 bits per heavy atom. The van der Waals surface area contributed by atoms with Gasteiger partial charge in [0, 0.05) is 24.3 Å². The number of aromatic nitrogens is 1. The van der Waals surface area contributed by atoms with Crippen LogP contribution >= 0.6 is 0 Å². The van der Waals surface area contributed by atoms with Gasteiger partial charge < -0.3 is 10.7 Å². The molecule has 0 aliphatic carbocycles. The Labute approximate surface area is 89.1 Å². The normalized spacial score (nSPS) is 16.7. The van der Waals surface area contributed by atoms with Crippen molar-refractivity contribution in [2.45, 2.75) is 39.4 Å². The van der Waals surface area contributed by atoms with Gasteiger partial charge in [-0.15, -0.1) is 0 Å². The maximum atomic E-state index is 11.3. The number of rotatable bonds is 0. The molecule has 1 aromatic rings. The molecular weight excluding hydrogens is 190 g/mol. The molecule has 0 aromatic carbocycles. The van der Waals surface area contributed by atoms with Crippen LogP contribution in [0.15, 0.2) is 10.9 Å². The van der Waals surface area contributed by atoms with Crippen molar-refractivity contribution < 1.29 is 0 Å². The molecule has 1 aliphatic rings. The van der Waals surface area contributed by atoms with Crippen molar-refractivity contribution in [2.75, 3.05) is 5.73 Å². The molecule has 0 fully saturated rings. The lowest BCUT2D eigenvalue weighted by molar-refractivity contribution is 0.135. The summed E-state index contributed by atoms with van der Waals surface area (Å²) in [5.41, 5.74) is 7.98. The summed E-state index contributed by atoms with van der Waals surface area (Å²) in [4.78, 5) is 16.5. The SMILES string of the molecule is CC(C)(C)N1Cc2cc(N)c(=O)[nH]c2C1. The molecule has 0 spiro atoms. The first kappa shape index (κ1) is 10.2. The molecular formula is C11H17N3O. The van der Waals surface area contributed by atoms with Gasteiger partial charge in [0.15, 0.2) is 0 Å². The lowest BCUT2D eigenvalue weighted by atomic mass is 10.1. The number of fused-ring (bicyclic) bond motifs is 1. The zero-order valence-electron chi connectivity index (χ0n) is 9.42. The fourth-order valence-corrected chi connectivity index (χ4v) is 1.84. The van der Waals surface area contributed by atoms with Gasteiger partial charge in [-0.3, -0.25) is 9.69 Å². The van der Waals surface area contributed by atoms with Gasteiger partial charge in [0.1, 0.15) is 0 Å². The van der Waals surface area contributed by atoms with E-state index in [0.717, 1.165) is 24.3 Å². The third-order valence-electron chi connectivity index (χ3n) is 2.90. The smallest absolute Gasteiger partial charge is 0.271 e. The number of hydrogen-bond acceptors (Lipinski definition) is 3. The van der Waals surface area contributed by atoms with Gasteiger partial charge in [-0.05, 0) is 32.4 Å².